The van der Waals surface area contributed by atoms with Crippen LogP contribution in [0.5, 0.6) is 0 Å². The third-order valence-electron chi connectivity index (χ3n) is 3.55. The van der Waals surface area contributed by atoms with Crippen LogP contribution in [0.1, 0.15) is 19.3 Å². The molecule has 0 aromatic heterocycles. The number of carbonyl (C=O) groups is 2. The number of amides is 1. The SMILES string of the molecule is O=C(NCC1CCCC1C(=O)O)C1CSCN1. The minimum absolute atomic E-state index is 0.00559. The molecule has 0 spiro atoms. The average molecular weight is 258 g/mol. The summed E-state index contributed by atoms with van der Waals surface area (Å²) in [7, 11) is 0. The summed E-state index contributed by atoms with van der Waals surface area (Å²) in [6, 6.07) is -0.107. The van der Waals surface area contributed by atoms with E-state index in [2.05, 4.69) is 10.6 Å². The number of nitrogens with one attached hydrogen (secondary N) is 2. The average Bonchev–Trinajstić information content (AvgIpc) is 2.96. The minimum Gasteiger partial charge on any atom is -0.481 e. The van der Waals surface area contributed by atoms with Gasteiger partial charge < -0.3 is 10.4 Å². The van der Waals surface area contributed by atoms with Gasteiger partial charge in [0.15, 0.2) is 0 Å². The van der Waals surface area contributed by atoms with E-state index in [-0.39, 0.29) is 23.8 Å². The van der Waals surface area contributed by atoms with Crippen molar-refractivity contribution in [3.8, 4) is 0 Å². The fraction of sp³-hybridized carbons (Fsp3) is 0.818. The molecule has 5 nitrogen and oxygen atoms in total. The first-order valence-electron chi connectivity index (χ1n) is 6.00. The van der Waals surface area contributed by atoms with E-state index in [0.717, 1.165) is 30.9 Å². The van der Waals surface area contributed by atoms with Crippen molar-refractivity contribution in [3.05, 3.63) is 0 Å². The summed E-state index contributed by atoms with van der Waals surface area (Å²) in [5, 5.41) is 15.0. The molecule has 2 aliphatic rings. The van der Waals surface area contributed by atoms with Crippen LogP contribution in [0.2, 0.25) is 0 Å². The molecule has 1 amide bonds. The van der Waals surface area contributed by atoms with Crippen LogP contribution in [-0.2, 0) is 9.59 Å². The summed E-state index contributed by atoms with van der Waals surface area (Å²) >= 11 is 1.71. The van der Waals surface area contributed by atoms with E-state index in [9.17, 15) is 9.59 Å². The Balaban J connectivity index is 1.77. The Labute approximate surface area is 105 Å². The second-order valence-electron chi connectivity index (χ2n) is 4.65. The molecule has 17 heavy (non-hydrogen) atoms. The van der Waals surface area contributed by atoms with E-state index < -0.39 is 5.97 Å². The highest BCUT2D eigenvalue weighted by Crippen LogP contribution is 2.31. The van der Waals surface area contributed by atoms with Gasteiger partial charge in [0.05, 0.1) is 12.0 Å². The lowest BCUT2D eigenvalue weighted by Crippen LogP contribution is -2.44. The van der Waals surface area contributed by atoms with Crippen molar-refractivity contribution in [1.29, 1.82) is 0 Å². The molecule has 2 rings (SSSR count). The van der Waals surface area contributed by atoms with Gasteiger partial charge in [-0.15, -0.1) is 11.8 Å². The predicted octanol–water partition coefficient (Wildman–Crippen LogP) is 0.266. The van der Waals surface area contributed by atoms with Crippen molar-refractivity contribution in [2.45, 2.75) is 25.3 Å². The van der Waals surface area contributed by atoms with Gasteiger partial charge in [-0.3, -0.25) is 14.9 Å². The van der Waals surface area contributed by atoms with Gasteiger partial charge in [0.25, 0.3) is 0 Å². The molecule has 6 heteroatoms. The number of rotatable bonds is 4. The molecule has 3 atom stereocenters. The summed E-state index contributed by atoms with van der Waals surface area (Å²) < 4.78 is 0. The Morgan fingerprint density at radius 2 is 2.24 bits per heavy atom. The van der Waals surface area contributed by atoms with E-state index in [4.69, 9.17) is 5.11 Å². The second kappa shape index (κ2) is 5.73. The number of hydrogen-bond donors (Lipinski definition) is 3. The molecular formula is C11H18N2O3S. The highest BCUT2D eigenvalue weighted by Gasteiger charge is 2.33. The largest absolute Gasteiger partial charge is 0.481 e. The van der Waals surface area contributed by atoms with Crippen LogP contribution in [0, 0.1) is 11.8 Å². The third-order valence-corrected chi connectivity index (χ3v) is 4.49. The predicted molar refractivity (Wildman–Crippen MR) is 65.7 cm³/mol. The zero-order valence-electron chi connectivity index (χ0n) is 9.65. The quantitative estimate of drug-likeness (QED) is 0.674. The first-order valence-corrected chi connectivity index (χ1v) is 7.15. The summed E-state index contributed by atoms with van der Waals surface area (Å²) in [5.41, 5.74) is 0. The minimum atomic E-state index is -0.726. The van der Waals surface area contributed by atoms with Gasteiger partial charge in [-0.1, -0.05) is 6.42 Å². The lowest BCUT2D eigenvalue weighted by molar-refractivity contribution is -0.143. The second-order valence-corrected chi connectivity index (χ2v) is 5.68. The molecular weight excluding hydrogens is 240 g/mol. The molecule has 0 radical (unpaired) electrons. The smallest absolute Gasteiger partial charge is 0.306 e. The van der Waals surface area contributed by atoms with Crippen LogP contribution >= 0.6 is 11.8 Å². The molecule has 3 unspecified atom stereocenters. The van der Waals surface area contributed by atoms with Crippen LogP contribution in [0.15, 0.2) is 0 Å². The molecule has 96 valence electrons. The highest BCUT2D eigenvalue weighted by atomic mass is 32.2. The lowest BCUT2D eigenvalue weighted by Gasteiger charge is -2.17. The molecule has 2 fully saturated rings. The third kappa shape index (κ3) is 3.13. The van der Waals surface area contributed by atoms with Crippen LogP contribution in [0.4, 0.5) is 0 Å². The first kappa shape index (κ1) is 12.7. The van der Waals surface area contributed by atoms with E-state index in [1.165, 1.54) is 0 Å². The van der Waals surface area contributed by atoms with E-state index in [0.29, 0.717) is 6.54 Å². The molecule has 1 aliphatic heterocycles. The Morgan fingerprint density at radius 1 is 1.41 bits per heavy atom. The number of carboxylic acids is 1. The molecule has 3 N–H and O–H groups in total. The van der Waals surface area contributed by atoms with E-state index in [1.807, 2.05) is 0 Å². The maximum Gasteiger partial charge on any atom is 0.306 e. The van der Waals surface area contributed by atoms with Crippen molar-refractivity contribution in [2.75, 3.05) is 18.2 Å². The Kier molecular flexibility index (Phi) is 4.28. The Bertz CT molecular complexity index is 305. The van der Waals surface area contributed by atoms with Gasteiger partial charge in [-0.2, -0.15) is 0 Å². The zero-order chi connectivity index (χ0) is 12.3. The fourth-order valence-corrected chi connectivity index (χ4v) is 3.47. The van der Waals surface area contributed by atoms with Crippen molar-refractivity contribution < 1.29 is 14.7 Å². The number of aliphatic carboxylic acids is 1. The maximum atomic E-state index is 11.7. The van der Waals surface area contributed by atoms with Crippen molar-refractivity contribution in [3.63, 3.8) is 0 Å². The van der Waals surface area contributed by atoms with E-state index >= 15 is 0 Å². The number of thioether (sulfide) groups is 1. The molecule has 0 aromatic carbocycles. The van der Waals surface area contributed by atoms with Crippen molar-refractivity contribution in [2.24, 2.45) is 11.8 Å². The van der Waals surface area contributed by atoms with Crippen LogP contribution in [0.25, 0.3) is 0 Å². The molecule has 0 bridgehead atoms. The molecule has 1 saturated heterocycles. The lowest BCUT2D eigenvalue weighted by atomic mass is 9.96. The molecule has 1 heterocycles. The van der Waals surface area contributed by atoms with Gasteiger partial charge in [0.2, 0.25) is 5.91 Å². The standard InChI is InChI=1S/C11H18N2O3S/c14-10(9-5-17-6-13-9)12-4-7-2-1-3-8(7)11(15)16/h7-9,13H,1-6H2,(H,12,14)(H,15,16). The van der Waals surface area contributed by atoms with Crippen molar-refractivity contribution >= 4 is 23.6 Å². The van der Waals surface area contributed by atoms with Gasteiger partial charge in [-0.05, 0) is 18.8 Å². The summed E-state index contributed by atoms with van der Waals surface area (Å²) in [5.74, 6) is 0.729. The monoisotopic (exact) mass is 258 g/mol. The number of hydrogen-bond acceptors (Lipinski definition) is 4. The summed E-state index contributed by atoms with van der Waals surface area (Å²) in [6.07, 6.45) is 2.60. The number of carboxylic acid groups (broad SMARTS) is 1. The van der Waals surface area contributed by atoms with Crippen LogP contribution in [-0.4, -0.2) is 41.2 Å². The maximum absolute atomic E-state index is 11.7. The summed E-state index contributed by atoms with van der Waals surface area (Å²) in [4.78, 5) is 22.7. The Morgan fingerprint density at radius 3 is 2.88 bits per heavy atom. The molecule has 1 saturated carbocycles. The van der Waals surface area contributed by atoms with Crippen LogP contribution < -0.4 is 10.6 Å². The topological polar surface area (TPSA) is 78.4 Å². The van der Waals surface area contributed by atoms with E-state index in [1.54, 1.807) is 11.8 Å². The van der Waals surface area contributed by atoms with Gasteiger partial charge in [0, 0.05) is 18.2 Å². The fourth-order valence-electron chi connectivity index (χ4n) is 2.52. The molecule has 1 aliphatic carbocycles. The first-order chi connectivity index (χ1) is 8.18. The van der Waals surface area contributed by atoms with Gasteiger partial charge in [0.1, 0.15) is 0 Å². The molecule has 0 aromatic rings. The Hall–Kier alpha value is -0.750. The summed E-state index contributed by atoms with van der Waals surface area (Å²) in [6.45, 7) is 0.499. The highest BCUT2D eigenvalue weighted by molar-refractivity contribution is 7.99. The van der Waals surface area contributed by atoms with Gasteiger partial charge >= 0.3 is 5.97 Å². The normalized spacial score (nSPS) is 32.6. The van der Waals surface area contributed by atoms with Gasteiger partial charge in [-0.25, -0.2) is 0 Å². The van der Waals surface area contributed by atoms with Crippen LogP contribution in [0.3, 0.4) is 0 Å². The van der Waals surface area contributed by atoms with Crippen molar-refractivity contribution in [1.82, 2.24) is 10.6 Å². The zero-order valence-corrected chi connectivity index (χ0v) is 10.5. The number of carbonyl (C=O) groups excluding carboxylic acids is 1.